The fraction of sp³-hybridized carbons (Fsp3) is 0.0909. The standard InChI is InChI=1S/C22H19ClN2O3/c1-14-5-3-8-18(11-14)24-22(27)20(13-19-10-9-15(2)28-19)25-21(26)16-6-4-7-17(23)12-16/h3-13H,1-2H3,(H,24,27)(H,25,26). The fourth-order valence-corrected chi connectivity index (χ4v) is 2.77. The zero-order valence-electron chi connectivity index (χ0n) is 15.5. The van der Waals surface area contributed by atoms with E-state index in [2.05, 4.69) is 10.6 Å². The lowest BCUT2D eigenvalue weighted by Crippen LogP contribution is -2.30. The number of rotatable bonds is 5. The van der Waals surface area contributed by atoms with Gasteiger partial charge in [0.2, 0.25) is 0 Å². The fourth-order valence-electron chi connectivity index (χ4n) is 2.58. The molecule has 0 aliphatic heterocycles. The number of hydrogen-bond acceptors (Lipinski definition) is 3. The summed E-state index contributed by atoms with van der Waals surface area (Å²) in [6.45, 7) is 3.73. The van der Waals surface area contributed by atoms with Crippen molar-refractivity contribution in [3.8, 4) is 0 Å². The van der Waals surface area contributed by atoms with Gasteiger partial charge < -0.3 is 15.1 Å². The predicted molar refractivity (Wildman–Crippen MR) is 110 cm³/mol. The number of furan rings is 1. The molecule has 0 saturated carbocycles. The van der Waals surface area contributed by atoms with Gasteiger partial charge in [0.1, 0.15) is 17.2 Å². The smallest absolute Gasteiger partial charge is 0.272 e. The van der Waals surface area contributed by atoms with Crippen molar-refractivity contribution in [3.05, 3.63) is 94.0 Å². The van der Waals surface area contributed by atoms with Gasteiger partial charge in [-0.2, -0.15) is 0 Å². The average Bonchev–Trinajstić information content (AvgIpc) is 3.06. The number of hydrogen-bond donors (Lipinski definition) is 2. The molecule has 5 nitrogen and oxygen atoms in total. The molecule has 0 fully saturated rings. The van der Waals surface area contributed by atoms with Gasteiger partial charge in [0.25, 0.3) is 11.8 Å². The van der Waals surface area contributed by atoms with Crippen molar-refractivity contribution < 1.29 is 14.0 Å². The number of anilines is 1. The molecule has 2 N–H and O–H groups in total. The van der Waals surface area contributed by atoms with Crippen LogP contribution in [-0.2, 0) is 4.79 Å². The molecule has 3 rings (SSSR count). The lowest BCUT2D eigenvalue weighted by atomic mass is 10.2. The van der Waals surface area contributed by atoms with Gasteiger partial charge in [-0.3, -0.25) is 9.59 Å². The van der Waals surface area contributed by atoms with E-state index in [1.54, 1.807) is 43.3 Å². The van der Waals surface area contributed by atoms with Crippen LogP contribution in [0, 0.1) is 13.8 Å². The molecule has 0 saturated heterocycles. The quantitative estimate of drug-likeness (QED) is 0.601. The summed E-state index contributed by atoms with van der Waals surface area (Å²) in [6.07, 6.45) is 1.49. The maximum absolute atomic E-state index is 12.8. The monoisotopic (exact) mass is 394 g/mol. The Labute approximate surface area is 168 Å². The van der Waals surface area contributed by atoms with Crippen LogP contribution in [-0.4, -0.2) is 11.8 Å². The summed E-state index contributed by atoms with van der Waals surface area (Å²) in [6, 6.07) is 17.4. The van der Waals surface area contributed by atoms with Crippen LogP contribution in [0.2, 0.25) is 5.02 Å². The van der Waals surface area contributed by atoms with Gasteiger partial charge in [-0.1, -0.05) is 29.8 Å². The largest absolute Gasteiger partial charge is 0.462 e. The summed E-state index contributed by atoms with van der Waals surface area (Å²) < 4.78 is 5.51. The second-order valence-corrected chi connectivity index (χ2v) is 6.73. The summed E-state index contributed by atoms with van der Waals surface area (Å²) in [5, 5.41) is 5.87. The molecule has 0 bridgehead atoms. The van der Waals surface area contributed by atoms with Crippen LogP contribution < -0.4 is 10.6 Å². The zero-order valence-corrected chi connectivity index (χ0v) is 16.2. The van der Waals surface area contributed by atoms with Gasteiger partial charge in [0.15, 0.2) is 0 Å². The molecule has 0 unspecified atom stereocenters. The van der Waals surface area contributed by atoms with Gasteiger partial charge in [-0.25, -0.2) is 0 Å². The van der Waals surface area contributed by atoms with Crippen LogP contribution in [0.1, 0.15) is 27.4 Å². The maximum atomic E-state index is 12.8. The Morgan fingerprint density at radius 1 is 1.00 bits per heavy atom. The van der Waals surface area contributed by atoms with E-state index in [-0.39, 0.29) is 5.70 Å². The highest BCUT2D eigenvalue weighted by molar-refractivity contribution is 6.31. The highest BCUT2D eigenvalue weighted by atomic mass is 35.5. The van der Waals surface area contributed by atoms with Crippen LogP contribution in [0.5, 0.6) is 0 Å². The lowest BCUT2D eigenvalue weighted by molar-refractivity contribution is -0.113. The Morgan fingerprint density at radius 2 is 1.79 bits per heavy atom. The van der Waals surface area contributed by atoms with Gasteiger partial charge in [0.05, 0.1) is 0 Å². The van der Waals surface area contributed by atoms with Crippen LogP contribution in [0.15, 0.2) is 70.8 Å². The van der Waals surface area contributed by atoms with E-state index >= 15 is 0 Å². The molecule has 3 aromatic rings. The highest BCUT2D eigenvalue weighted by Gasteiger charge is 2.16. The molecule has 142 valence electrons. The Balaban J connectivity index is 1.87. The molecule has 2 amide bonds. The van der Waals surface area contributed by atoms with Crippen molar-refractivity contribution in [1.82, 2.24) is 5.32 Å². The summed E-state index contributed by atoms with van der Waals surface area (Å²) >= 11 is 5.95. The van der Waals surface area contributed by atoms with Crippen LogP contribution >= 0.6 is 11.6 Å². The van der Waals surface area contributed by atoms with E-state index in [1.165, 1.54) is 12.1 Å². The van der Waals surface area contributed by atoms with Crippen molar-refractivity contribution in [1.29, 1.82) is 0 Å². The number of carbonyl (C=O) groups is 2. The Hall–Kier alpha value is -3.31. The predicted octanol–water partition coefficient (Wildman–Crippen LogP) is 4.96. The Kier molecular flexibility index (Phi) is 5.96. The first-order valence-corrected chi connectivity index (χ1v) is 9.01. The Bertz CT molecular complexity index is 1050. The molecule has 28 heavy (non-hydrogen) atoms. The van der Waals surface area contributed by atoms with Gasteiger partial charge in [-0.15, -0.1) is 0 Å². The molecular formula is C22H19ClN2O3. The number of carbonyl (C=O) groups excluding carboxylic acids is 2. The molecule has 0 radical (unpaired) electrons. The van der Waals surface area contributed by atoms with E-state index in [4.69, 9.17) is 16.0 Å². The minimum Gasteiger partial charge on any atom is -0.462 e. The first kappa shape index (κ1) is 19.5. The van der Waals surface area contributed by atoms with Crippen molar-refractivity contribution in [2.24, 2.45) is 0 Å². The molecule has 1 heterocycles. The van der Waals surface area contributed by atoms with Crippen molar-refractivity contribution in [2.75, 3.05) is 5.32 Å². The topological polar surface area (TPSA) is 71.3 Å². The molecule has 0 aliphatic rings. The molecule has 6 heteroatoms. The van der Waals surface area contributed by atoms with Gasteiger partial charge in [0, 0.05) is 22.3 Å². The number of amides is 2. The molecule has 0 aliphatic carbocycles. The van der Waals surface area contributed by atoms with Gasteiger partial charge in [-0.05, 0) is 61.9 Å². The average molecular weight is 395 g/mol. The van der Waals surface area contributed by atoms with Crippen molar-refractivity contribution in [3.63, 3.8) is 0 Å². The summed E-state index contributed by atoms with van der Waals surface area (Å²) in [5.74, 6) is 0.246. The van der Waals surface area contributed by atoms with Crippen LogP contribution in [0.3, 0.4) is 0 Å². The van der Waals surface area contributed by atoms with Crippen LogP contribution in [0.25, 0.3) is 6.08 Å². The number of benzene rings is 2. The summed E-state index contributed by atoms with van der Waals surface area (Å²) in [4.78, 5) is 25.4. The molecule has 0 spiro atoms. The molecule has 2 aromatic carbocycles. The third-order valence-corrected chi connectivity index (χ3v) is 4.14. The van der Waals surface area contributed by atoms with E-state index in [1.807, 2.05) is 25.1 Å². The lowest BCUT2D eigenvalue weighted by Gasteiger charge is -2.11. The minimum atomic E-state index is -0.463. The van der Waals surface area contributed by atoms with E-state index in [0.29, 0.717) is 27.8 Å². The third-order valence-electron chi connectivity index (χ3n) is 3.90. The summed E-state index contributed by atoms with van der Waals surface area (Å²) in [5.41, 5.74) is 2.04. The molecule has 0 atom stereocenters. The number of aryl methyl sites for hydroxylation is 2. The SMILES string of the molecule is Cc1cccc(NC(=O)C(=Cc2ccc(C)o2)NC(=O)c2cccc(Cl)c2)c1. The second kappa shape index (κ2) is 8.59. The highest BCUT2D eigenvalue weighted by Crippen LogP contribution is 2.15. The maximum Gasteiger partial charge on any atom is 0.272 e. The summed E-state index contributed by atoms with van der Waals surface area (Å²) in [7, 11) is 0. The van der Waals surface area contributed by atoms with Crippen molar-refractivity contribution in [2.45, 2.75) is 13.8 Å². The van der Waals surface area contributed by atoms with E-state index in [9.17, 15) is 9.59 Å². The van der Waals surface area contributed by atoms with E-state index < -0.39 is 11.8 Å². The van der Waals surface area contributed by atoms with E-state index in [0.717, 1.165) is 5.56 Å². The third kappa shape index (κ3) is 5.11. The number of nitrogens with one attached hydrogen (secondary N) is 2. The molecular weight excluding hydrogens is 376 g/mol. The van der Waals surface area contributed by atoms with Crippen molar-refractivity contribution >= 4 is 35.2 Å². The van der Waals surface area contributed by atoms with Crippen LogP contribution in [0.4, 0.5) is 5.69 Å². The number of halogens is 1. The zero-order chi connectivity index (χ0) is 20.1. The first-order chi connectivity index (χ1) is 13.4. The first-order valence-electron chi connectivity index (χ1n) is 8.64. The van der Waals surface area contributed by atoms with Gasteiger partial charge >= 0.3 is 0 Å². The Morgan fingerprint density at radius 3 is 2.46 bits per heavy atom. The second-order valence-electron chi connectivity index (χ2n) is 6.29. The molecule has 1 aromatic heterocycles. The normalized spacial score (nSPS) is 11.2. The minimum absolute atomic E-state index is 0.0563.